The van der Waals surface area contributed by atoms with Gasteiger partial charge in [-0.1, -0.05) is 20.8 Å². The number of thiophene rings is 2. The molecule has 0 amide bonds. The Bertz CT molecular complexity index is 1540. The van der Waals surface area contributed by atoms with Crippen molar-refractivity contribution in [1.82, 2.24) is 4.98 Å². The number of nitrogens with zero attached hydrogens (tertiary/aromatic N) is 1. The van der Waals surface area contributed by atoms with Gasteiger partial charge in [0.15, 0.2) is 0 Å². The Hall–Kier alpha value is -2.69. The zero-order valence-corrected chi connectivity index (χ0v) is 18.1. The van der Waals surface area contributed by atoms with Crippen molar-refractivity contribution in [3.8, 4) is 11.3 Å². The van der Waals surface area contributed by atoms with Gasteiger partial charge < -0.3 is 4.42 Å². The molecule has 0 aliphatic carbocycles. The maximum Gasteiger partial charge on any atom is 0.134 e. The summed E-state index contributed by atoms with van der Waals surface area (Å²) in [5.41, 5.74) is 4.62. The summed E-state index contributed by atoms with van der Waals surface area (Å²) < 4.78 is 9.60. The van der Waals surface area contributed by atoms with Crippen LogP contribution in [-0.4, -0.2) is 4.98 Å². The Morgan fingerprint density at radius 2 is 1.79 bits per heavy atom. The van der Waals surface area contributed by atoms with Gasteiger partial charge in [-0.25, -0.2) is 0 Å². The average Bonchev–Trinajstić information content (AvgIpc) is 3.41. The van der Waals surface area contributed by atoms with Gasteiger partial charge in [0.05, 0.1) is 12.0 Å². The first kappa shape index (κ1) is 17.2. The highest BCUT2D eigenvalue weighted by Gasteiger charge is 2.21. The third kappa shape index (κ3) is 2.49. The van der Waals surface area contributed by atoms with Gasteiger partial charge in [-0.05, 0) is 64.2 Å². The minimum atomic E-state index is 0.0710. The second-order valence-corrected chi connectivity index (χ2v) is 10.5. The highest BCUT2D eigenvalue weighted by molar-refractivity contribution is 7.26. The maximum absolute atomic E-state index is 5.69. The summed E-state index contributed by atoms with van der Waals surface area (Å²) in [5.74, 6) is 0. The molecular weight excluding hydrogens is 394 g/mol. The Labute approximate surface area is 176 Å². The second kappa shape index (κ2) is 5.91. The Morgan fingerprint density at radius 3 is 2.66 bits per heavy atom. The lowest BCUT2D eigenvalue weighted by molar-refractivity contribution is 0.597. The fourth-order valence-electron chi connectivity index (χ4n) is 4.25. The minimum Gasteiger partial charge on any atom is -0.464 e. The second-order valence-electron chi connectivity index (χ2n) is 8.52. The van der Waals surface area contributed by atoms with Crippen molar-refractivity contribution in [2.45, 2.75) is 26.2 Å². The molecule has 0 spiro atoms. The van der Waals surface area contributed by atoms with Crippen LogP contribution in [0.15, 0.2) is 64.7 Å². The fraction of sp³-hybridized carbons (Fsp3) is 0.160. The quantitative estimate of drug-likeness (QED) is 0.270. The highest BCUT2D eigenvalue weighted by Crippen LogP contribution is 2.44. The number of fused-ring (bicyclic) bond motifs is 6. The van der Waals surface area contributed by atoms with Crippen molar-refractivity contribution in [1.29, 1.82) is 0 Å². The van der Waals surface area contributed by atoms with Crippen LogP contribution in [0.1, 0.15) is 26.3 Å². The Balaban J connectivity index is 1.76. The van der Waals surface area contributed by atoms with Crippen LogP contribution in [-0.2, 0) is 5.41 Å². The van der Waals surface area contributed by atoms with E-state index in [4.69, 9.17) is 9.40 Å². The number of hydrogen-bond donors (Lipinski definition) is 0. The molecular formula is C25H19NOS2. The van der Waals surface area contributed by atoms with Crippen molar-refractivity contribution >= 4 is 63.9 Å². The first-order valence-electron chi connectivity index (χ1n) is 9.70. The zero-order chi connectivity index (χ0) is 19.8. The standard InChI is InChI=1S/C25H19NOS2/c1-25(2,3)17-13-15(12-14-8-11-28-24(14)17)23-22-20(6-9-26-23)29-19-5-4-18-16(21(19)22)7-10-27-18/h4-13H,1-3H3. The van der Waals surface area contributed by atoms with Crippen LogP contribution in [0.2, 0.25) is 0 Å². The van der Waals surface area contributed by atoms with Crippen molar-refractivity contribution < 1.29 is 4.42 Å². The van der Waals surface area contributed by atoms with Crippen LogP contribution < -0.4 is 0 Å². The molecule has 0 atom stereocenters. The Kier molecular flexibility index (Phi) is 3.50. The van der Waals surface area contributed by atoms with Crippen LogP contribution in [0.3, 0.4) is 0 Å². The van der Waals surface area contributed by atoms with E-state index in [9.17, 15) is 0 Å². The molecule has 0 radical (unpaired) electrons. The van der Waals surface area contributed by atoms with Crippen LogP contribution in [0.4, 0.5) is 0 Å². The van der Waals surface area contributed by atoms with Crippen molar-refractivity contribution in [2.24, 2.45) is 0 Å². The largest absolute Gasteiger partial charge is 0.464 e. The predicted octanol–water partition coefficient (Wildman–Crippen LogP) is 8.37. The smallest absolute Gasteiger partial charge is 0.134 e. The summed E-state index contributed by atoms with van der Waals surface area (Å²) in [6.07, 6.45) is 3.72. The summed E-state index contributed by atoms with van der Waals surface area (Å²) in [7, 11) is 0. The predicted molar refractivity (Wildman–Crippen MR) is 126 cm³/mol. The number of benzene rings is 2. The molecule has 4 heteroatoms. The summed E-state index contributed by atoms with van der Waals surface area (Å²) in [4.78, 5) is 4.88. The minimum absolute atomic E-state index is 0.0710. The van der Waals surface area contributed by atoms with Crippen molar-refractivity contribution in [3.05, 3.63) is 65.9 Å². The van der Waals surface area contributed by atoms with Crippen molar-refractivity contribution in [2.75, 3.05) is 0 Å². The number of furan rings is 1. The third-order valence-electron chi connectivity index (χ3n) is 5.61. The molecule has 6 rings (SSSR count). The Morgan fingerprint density at radius 1 is 0.931 bits per heavy atom. The molecule has 0 saturated carbocycles. The molecule has 2 nitrogen and oxygen atoms in total. The SMILES string of the molecule is CC(C)(C)c1cc(-c2nccc3sc4ccc5occc5c4c23)cc2ccsc12. The van der Waals surface area contributed by atoms with Crippen molar-refractivity contribution in [3.63, 3.8) is 0 Å². The highest BCUT2D eigenvalue weighted by atomic mass is 32.1. The topological polar surface area (TPSA) is 26.0 Å². The van der Waals surface area contributed by atoms with E-state index in [0.29, 0.717) is 0 Å². The van der Waals surface area contributed by atoms with E-state index >= 15 is 0 Å². The third-order valence-corrected chi connectivity index (χ3v) is 7.70. The van der Waals surface area contributed by atoms with Gasteiger partial charge in [-0.15, -0.1) is 22.7 Å². The van der Waals surface area contributed by atoms with Gasteiger partial charge in [0, 0.05) is 42.0 Å². The first-order valence-corrected chi connectivity index (χ1v) is 11.4. The molecule has 0 saturated heterocycles. The normalized spacial score (nSPS) is 12.7. The molecule has 142 valence electrons. The molecule has 0 aliphatic rings. The number of pyridine rings is 1. The maximum atomic E-state index is 5.69. The first-order chi connectivity index (χ1) is 14.0. The van der Waals surface area contributed by atoms with Crippen LogP contribution in [0.25, 0.3) is 52.5 Å². The summed E-state index contributed by atoms with van der Waals surface area (Å²) in [6.45, 7) is 6.86. The summed E-state index contributed by atoms with van der Waals surface area (Å²) in [5, 5.41) is 7.13. The van der Waals surface area contributed by atoms with Gasteiger partial charge in [0.25, 0.3) is 0 Å². The van der Waals surface area contributed by atoms with E-state index in [-0.39, 0.29) is 5.41 Å². The molecule has 4 heterocycles. The molecule has 0 bridgehead atoms. The van der Waals surface area contributed by atoms with E-state index in [2.05, 4.69) is 68.6 Å². The van der Waals surface area contributed by atoms with Crippen LogP contribution in [0, 0.1) is 0 Å². The molecule has 0 fully saturated rings. The van der Waals surface area contributed by atoms with E-state index in [1.165, 1.54) is 41.4 Å². The van der Waals surface area contributed by atoms with Gasteiger partial charge in [-0.2, -0.15) is 0 Å². The molecule has 4 aromatic heterocycles. The van der Waals surface area contributed by atoms with Gasteiger partial charge in [-0.3, -0.25) is 4.98 Å². The monoisotopic (exact) mass is 413 g/mol. The molecule has 6 aromatic rings. The lowest BCUT2D eigenvalue weighted by Crippen LogP contribution is -2.11. The van der Waals surface area contributed by atoms with E-state index < -0.39 is 0 Å². The number of aromatic nitrogens is 1. The number of rotatable bonds is 1. The van der Waals surface area contributed by atoms with Crippen LogP contribution >= 0.6 is 22.7 Å². The molecule has 2 aromatic carbocycles. The number of hydrogen-bond acceptors (Lipinski definition) is 4. The van der Waals surface area contributed by atoms with Crippen LogP contribution in [0.5, 0.6) is 0 Å². The molecule has 0 aliphatic heterocycles. The van der Waals surface area contributed by atoms with E-state index in [1.54, 1.807) is 6.26 Å². The summed E-state index contributed by atoms with van der Waals surface area (Å²) in [6, 6.07) is 15.3. The van der Waals surface area contributed by atoms with E-state index in [1.807, 2.05) is 28.9 Å². The van der Waals surface area contributed by atoms with Gasteiger partial charge in [0.2, 0.25) is 0 Å². The lowest BCUT2D eigenvalue weighted by atomic mass is 9.84. The average molecular weight is 414 g/mol. The fourth-order valence-corrected chi connectivity index (χ4v) is 6.47. The van der Waals surface area contributed by atoms with Gasteiger partial charge >= 0.3 is 0 Å². The van der Waals surface area contributed by atoms with E-state index in [0.717, 1.165) is 16.7 Å². The van der Waals surface area contributed by atoms with Gasteiger partial charge in [0.1, 0.15) is 5.58 Å². The zero-order valence-electron chi connectivity index (χ0n) is 16.4. The summed E-state index contributed by atoms with van der Waals surface area (Å²) >= 11 is 3.65. The molecule has 29 heavy (non-hydrogen) atoms. The lowest BCUT2D eigenvalue weighted by Gasteiger charge is -2.21. The molecule has 0 unspecified atom stereocenters. The molecule has 0 N–H and O–H groups in total.